The van der Waals surface area contributed by atoms with Gasteiger partial charge in [-0.05, 0) is 6.08 Å². The van der Waals surface area contributed by atoms with Gasteiger partial charge in [-0.25, -0.2) is 9.59 Å². The molecule has 8 heteroatoms. The van der Waals surface area contributed by atoms with E-state index in [9.17, 15) is 19.5 Å². The van der Waals surface area contributed by atoms with Gasteiger partial charge >= 0.3 is 17.9 Å². The van der Waals surface area contributed by atoms with Gasteiger partial charge in [-0.3, -0.25) is 4.79 Å². The highest BCUT2D eigenvalue weighted by Gasteiger charge is 2.41. The van der Waals surface area contributed by atoms with Crippen LogP contribution in [-0.2, 0) is 33.3 Å². The number of carbonyl (C=O) groups is 3. The number of allylic oxidation sites excluding steroid dienone is 4. The molecule has 3 unspecified atom stereocenters. The Bertz CT molecular complexity index is 684. The Morgan fingerprint density at radius 3 is 2.04 bits per heavy atom. The van der Waals surface area contributed by atoms with Crippen LogP contribution < -0.4 is 5.11 Å². The lowest BCUT2D eigenvalue weighted by molar-refractivity contribution is -0.534. The Kier molecular flexibility index (Phi) is 6.22. The first kappa shape index (κ1) is 20.9. The quantitative estimate of drug-likeness (QED) is 0.304. The standard InChI is InChI=1S/C19H23O8/c1-5-18(3)24-14(20)12(15(21)25-18)10-8-7-9-11-13-16(22)26-19(4,6-2)27-17(13)23/h7-12,14H,5-6H2,1-4H3/q-1. The van der Waals surface area contributed by atoms with Crippen LogP contribution in [0.1, 0.15) is 40.5 Å². The molecular formula is C19H23O8-. The summed E-state index contributed by atoms with van der Waals surface area (Å²) in [5, 5.41) is 12.0. The van der Waals surface area contributed by atoms with Crippen molar-refractivity contribution in [3.8, 4) is 0 Å². The predicted molar refractivity (Wildman–Crippen MR) is 90.4 cm³/mol. The van der Waals surface area contributed by atoms with E-state index in [2.05, 4.69) is 0 Å². The van der Waals surface area contributed by atoms with Gasteiger partial charge in [0.25, 0.3) is 5.79 Å². The van der Waals surface area contributed by atoms with Crippen molar-refractivity contribution in [3.63, 3.8) is 0 Å². The molecule has 3 atom stereocenters. The minimum Gasteiger partial charge on any atom is -0.830 e. The monoisotopic (exact) mass is 379 g/mol. The van der Waals surface area contributed by atoms with E-state index >= 15 is 0 Å². The van der Waals surface area contributed by atoms with Gasteiger partial charge < -0.3 is 24.1 Å². The summed E-state index contributed by atoms with van der Waals surface area (Å²) in [6.45, 7) is 6.52. The number of hydrogen-bond acceptors (Lipinski definition) is 8. The second-order valence-corrected chi connectivity index (χ2v) is 6.54. The predicted octanol–water partition coefficient (Wildman–Crippen LogP) is 1.25. The maximum Gasteiger partial charge on any atom is 0.348 e. The normalized spacial score (nSPS) is 34.6. The maximum absolute atomic E-state index is 12.0. The summed E-state index contributed by atoms with van der Waals surface area (Å²) in [5.74, 6) is -5.75. The van der Waals surface area contributed by atoms with E-state index in [1.54, 1.807) is 13.8 Å². The van der Waals surface area contributed by atoms with Crippen LogP contribution >= 0.6 is 0 Å². The summed E-state index contributed by atoms with van der Waals surface area (Å²) in [5.41, 5.74) is -0.244. The van der Waals surface area contributed by atoms with E-state index < -0.39 is 41.7 Å². The summed E-state index contributed by atoms with van der Waals surface area (Å²) < 4.78 is 20.5. The Hall–Kier alpha value is -2.45. The van der Waals surface area contributed by atoms with Gasteiger partial charge in [-0.15, -0.1) is 0 Å². The fourth-order valence-electron chi connectivity index (χ4n) is 2.35. The molecular weight excluding hydrogens is 356 g/mol. The van der Waals surface area contributed by atoms with Gasteiger partial charge in [0.05, 0.1) is 5.92 Å². The molecule has 0 saturated carbocycles. The third kappa shape index (κ3) is 4.84. The zero-order valence-electron chi connectivity index (χ0n) is 15.7. The number of esters is 3. The molecule has 0 amide bonds. The molecule has 2 aliphatic heterocycles. The summed E-state index contributed by atoms with van der Waals surface area (Å²) >= 11 is 0. The highest BCUT2D eigenvalue weighted by Crippen LogP contribution is 2.28. The van der Waals surface area contributed by atoms with E-state index in [4.69, 9.17) is 18.9 Å². The van der Waals surface area contributed by atoms with Gasteiger partial charge in [0.1, 0.15) is 5.57 Å². The van der Waals surface area contributed by atoms with E-state index in [0.717, 1.165) is 0 Å². The Labute approximate surface area is 157 Å². The highest BCUT2D eigenvalue weighted by atomic mass is 16.8. The molecule has 0 N–H and O–H groups in total. The van der Waals surface area contributed by atoms with Crippen molar-refractivity contribution in [2.45, 2.75) is 58.4 Å². The van der Waals surface area contributed by atoms with Crippen molar-refractivity contribution in [2.24, 2.45) is 5.92 Å². The lowest BCUT2D eigenvalue weighted by Crippen LogP contribution is -2.54. The minimum absolute atomic E-state index is 0.244. The molecule has 2 heterocycles. The Morgan fingerprint density at radius 1 is 0.926 bits per heavy atom. The van der Waals surface area contributed by atoms with Crippen molar-refractivity contribution in [1.29, 1.82) is 0 Å². The number of carbonyl (C=O) groups excluding carboxylic acids is 3. The van der Waals surface area contributed by atoms with E-state index in [1.807, 2.05) is 0 Å². The van der Waals surface area contributed by atoms with Crippen molar-refractivity contribution in [2.75, 3.05) is 0 Å². The van der Waals surface area contributed by atoms with Crippen molar-refractivity contribution in [3.05, 3.63) is 36.0 Å². The molecule has 27 heavy (non-hydrogen) atoms. The zero-order valence-corrected chi connectivity index (χ0v) is 15.7. The molecule has 8 nitrogen and oxygen atoms in total. The SMILES string of the molecule is CCC1(C)OC(=O)C(=CC=CC=CC2C(=O)OC(C)(CC)OC2[O-])C(=O)O1. The van der Waals surface area contributed by atoms with Gasteiger partial charge in [-0.1, -0.05) is 38.2 Å². The first-order chi connectivity index (χ1) is 12.6. The van der Waals surface area contributed by atoms with Gasteiger partial charge in [-0.2, -0.15) is 0 Å². The first-order valence-electron chi connectivity index (χ1n) is 8.71. The van der Waals surface area contributed by atoms with Crippen molar-refractivity contribution in [1.82, 2.24) is 0 Å². The third-order valence-electron chi connectivity index (χ3n) is 4.39. The molecule has 2 aliphatic rings. The van der Waals surface area contributed by atoms with Crippen molar-refractivity contribution >= 4 is 17.9 Å². The molecule has 0 bridgehead atoms. The van der Waals surface area contributed by atoms with Crippen LogP contribution in [-0.4, -0.2) is 35.8 Å². The molecule has 0 aromatic rings. The lowest BCUT2D eigenvalue weighted by atomic mass is 10.1. The van der Waals surface area contributed by atoms with E-state index in [0.29, 0.717) is 12.8 Å². The Balaban J connectivity index is 1.99. The number of ether oxygens (including phenoxy) is 4. The fraction of sp³-hybridized carbons (Fsp3) is 0.526. The summed E-state index contributed by atoms with van der Waals surface area (Å²) in [7, 11) is 0. The van der Waals surface area contributed by atoms with Crippen LogP contribution in [0.5, 0.6) is 0 Å². The molecule has 0 spiro atoms. The van der Waals surface area contributed by atoms with Crippen LogP contribution in [0.3, 0.4) is 0 Å². The van der Waals surface area contributed by atoms with Crippen LogP contribution in [0.25, 0.3) is 0 Å². The molecule has 0 aromatic heterocycles. The second-order valence-electron chi connectivity index (χ2n) is 6.54. The summed E-state index contributed by atoms with van der Waals surface area (Å²) in [4.78, 5) is 35.8. The molecule has 0 aromatic carbocycles. The lowest BCUT2D eigenvalue weighted by Gasteiger charge is -2.43. The smallest absolute Gasteiger partial charge is 0.348 e. The number of cyclic esters (lactones) is 3. The summed E-state index contributed by atoms with van der Waals surface area (Å²) in [6.07, 6.45) is 5.99. The van der Waals surface area contributed by atoms with Crippen LogP contribution in [0.2, 0.25) is 0 Å². The van der Waals surface area contributed by atoms with Crippen LogP contribution in [0.4, 0.5) is 0 Å². The molecule has 2 rings (SSSR count). The molecule has 2 saturated heterocycles. The topological polar surface area (TPSA) is 111 Å². The zero-order chi connectivity index (χ0) is 20.2. The van der Waals surface area contributed by atoms with Gasteiger partial charge in [0, 0.05) is 33.0 Å². The maximum atomic E-state index is 12.0. The van der Waals surface area contributed by atoms with Crippen LogP contribution in [0.15, 0.2) is 36.0 Å². The third-order valence-corrected chi connectivity index (χ3v) is 4.39. The van der Waals surface area contributed by atoms with Crippen LogP contribution in [0, 0.1) is 5.92 Å². The minimum atomic E-state index is -1.57. The molecule has 2 fully saturated rings. The van der Waals surface area contributed by atoms with E-state index in [-0.39, 0.29) is 5.57 Å². The van der Waals surface area contributed by atoms with Gasteiger partial charge in [0.15, 0.2) is 0 Å². The largest absolute Gasteiger partial charge is 0.830 e. The number of rotatable bonds is 5. The van der Waals surface area contributed by atoms with Crippen molar-refractivity contribution < 1.29 is 38.4 Å². The molecule has 0 radical (unpaired) electrons. The van der Waals surface area contributed by atoms with Gasteiger partial charge in [0.2, 0.25) is 5.79 Å². The second kappa shape index (κ2) is 8.06. The fourth-order valence-corrected chi connectivity index (χ4v) is 2.35. The molecule has 0 aliphatic carbocycles. The molecule has 148 valence electrons. The average molecular weight is 379 g/mol. The highest BCUT2D eigenvalue weighted by molar-refractivity contribution is 6.15. The first-order valence-corrected chi connectivity index (χ1v) is 8.71. The Morgan fingerprint density at radius 2 is 1.52 bits per heavy atom. The number of hydrogen-bond donors (Lipinski definition) is 0. The summed E-state index contributed by atoms with van der Waals surface area (Å²) in [6, 6.07) is 0. The van der Waals surface area contributed by atoms with E-state index in [1.165, 1.54) is 44.2 Å². The average Bonchev–Trinajstić information content (AvgIpc) is 2.58.